The minimum absolute atomic E-state index is 0.143. The van der Waals surface area contributed by atoms with E-state index in [-0.39, 0.29) is 5.75 Å². The maximum absolute atomic E-state index is 12.3. The summed E-state index contributed by atoms with van der Waals surface area (Å²) in [5.74, 6) is 0.143. The minimum atomic E-state index is -2.83. The molecule has 1 N–H and O–H groups in total. The molecule has 4 nitrogen and oxygen atoms in total. The average Bonchev–Trinajstić information content (AvgIpc) is 2.85. The van der Waals surface area contributed by atoms with Crippen molar-refractivity contribution in [3.8, 4) is 5.75 Å². The van der Waals surface area contributed by atoms with Crippen molar-refractivity contribution in [2.24, 2.45) is 0 Å². The molecule has 0 aliphatic carbocycles. The topological polar surface area (TPSA) is 39.1 Å². The van der Waals surface area contributed by atoms with Crippen LogP contribution >= 0.6 is 0 Å². The van der Waals surface area contributed by atoms with Crippen LogP contribution in [0.3, 0.4) is 0 Å². The van der Waals surface area contributed by atoms with Crippen LogP contribution < -0.4 is 10.1 Å². The number of nitrogens with zero attached hydrogens (tertiary/aromatic N) is 2. The summed E-state index contributed by atoms with van der Waals surface area (Å²) in [5.41, 5.74) is 1.54. The molecule has 0 radical (unpaired) electrons. The Morgan fingerprint density at radius 1 is 1.30 bits per heavy atom. The molecule has 1 heterocycles. The second-order valence-electron chi connectivity index (χ2n) is 4.27. The van der Waals surface area contributed by atoms with Crippen LogP contribution in [0.15, 0.2) is 36.5 Å². The molecule has 0 aliphatic heterocycles. The maximum Gasteiger partial charge on any atom is 0.387 e. The van der Waals surface area contributed by atoms with Gasteiger partial charge in [0.1, 0.15) is 5.75 Å². The second kappa shape index (κ2) is 6.88. The lowest BCUT2D eigenvalue weighted by Crippen LogP contribution is -2.10. The average molecular weight is 281 g/mol. The number of rotatable bonds is 7. The molecule has 0 fully saturated rings. The molecular weight excluding hydrogens is 264 g/mol. The highest BCUT2D eigenvalue weighted by atomic mass is 19.3. The van der Waals surface area contributed by atoms with Crippen molar-refractivity contribution in [3.63, 3.8) is 0 Å². The summed E-state index contributed by atoms with van der Waals surface area (Å²) in [6.07, 6.45) is 2.72. The molecule has 0 saturated heterocycles. The highest BCUT2D eigenvalue weighted by Crippen LogP contribution is 2.25. The van der Waals surface area contributed by atoms with E-state index in [1.165, 1.54) is 6.07 Å². The Morgan fingerprint density at radius 3 is 2.85 bits per heavy atom. The first kappa shape index (κ1) is 14.3. The van der Waals surface area contributed by atoms with Gasteiger partial charge in [-0.15, -0.1) is 0 Å². The Balaban J connectivity index is 2.05. The first-order valence-corrected chi connectivity index (χ1v) is 6.49. The first-order chi connectivity index (χ1) is 9.70. The Morgan fingerprint density at radius 2 is 2.10 bits per heavy atom. The van der Waals surface area contributed by atoms with Crippen molar-refractivity contribution in [2.75, 3.05) is 5.32 Å². The molecule has 0 atom stereocenters. The van der Waals surface area contributed by atoms with Gasteiger partial charge in [0.15, 0.2) is 0 Å². The number of alkyl halides is 2. The van der Waals surface area contributed by atoms with Crippen LogP contribution in [0.1, 0.15) is 19.0 Å². The molecule has 2 aromatic rings. The number of benzene rings is 1. The fourth-order valence-electron chi connectivity index (χ4n) is 1.92. The molecule has 2 rings (SSSR count). The fraction of sp³-hybridized carbons (Fsp3) is 0.357. The van der Waals surface area contributed by atoms with E-state index < -0.39 is 6.61 Å². The molecule has 108 valence electrons. The number of nitrogens with one attached hydrogen (secondary N) is 1. The summed E-state index contributed by atoms with van der Waals surface area (Å²) in [6.45, 7) is 0.580. The number of anilines is 1. The van der Waals surface area contributed by atoms with E-state index in [1.54, 1.807) is 24.4 Å². The highest BCUT2D eigenvalue weighted by Gasteiger charge is 2.09. The van der Waals surface area contributed by atoms with E-state index >= 15 is 0 Å². The normalized spacial score (nSPS) is 10.8. The predicted molar refractivity (Wildman–Crippen MR) is 72.9 cm³/mol. The number of para-hydroxylation sites is 2. The van der Waals surface area contributed by atoms with Crippen molar-refractivity contribution in [2.45, 2.75) is 33.0 Å². The van der Waals surface area contributed by atoms with Crippen molar-refractivity contribution < 1.29 is 13.5 Å². The Hall–Kier alpha value is -2.11. The third kappa shape index (κ3) is 3.69. The van der Waals surface area contributed by atoms with Gasteiger partial charge in [-0.1, -0.05) is 19.1 Å². The minimum Gasteiger partial charge on any atom is -0.433 e. The lowest BCUT2D eigenvalue weighted by molar-refractivity contribution is -0.0493. The number of hydrogen-bond donors (Lipinski definition) is 1. The van der Waals surface area contributed by atoms with Crippen LogP contribution in [0.5, 0.6) is 5.75 Å². The number of ether oxygens (including phenoxy) is 1. The van der Waals surface area contributed by atoms with E-state index in [9.17, 15) is 8.78 Å². The summed E-state index contributed by atoms with van der Waals surface area (Å²) < 4.78 is 31.0. The van der Waals surface area contributed by atoms with Gasteiger partial charge < -0.3 is 10.1 Å². The van der Waals surface area contributed by atoms with Crippen molar-refractivity contribution >= 4 is 5.69 Å². The summed E-state index contributed by atoms with van der Waals surface area (Å²) in [6, 6.07) is 8.55. The molecule has 0 unspecified atom stereocenters. The monoisotopic (exact) mass is 281 g/mol. The molecule has 1 aromatic carbocycles. The van der Waals surface area contributed by atoms with Gasteiger partial charge in [-0.3, -0.25) is 4.68 Å². The standard InChI is InChI=1S/C14H17F2N3O/c1-2-9-19-11(7-8-18-19)10-17-12-5-3-4-6-13(12)20-14(15)16/h3-8,14,17H,2,9-10H2,1H3. The highest BCUT2D eigenvalue weighted by molar-refractivity contribution is 5.56. The molecule has 6 heteroatoms. The molecule has 20 heavy (non-hydrogen) atoms. The molecule has 0 saturated carbocycles. The van der Waals surface area contributed by atoms with Gasteiger partial charge in [-0.2, -0.15) is 13.9 Å². The van der Waals surface area contributed by atoms with Gasteiger partial charge in [-0.05, 0) is 24.6 Å². The third-order valence-corrected chi connectivity index (χ3v) is 2.80. The van der Waals surface area contributed by atoms with E-state index in [2.05, 4.69) is 22.1 Å². The van der Waals surface area contributed by atoms with Crippen LogP contribution in [0.2, 0.25) is 0 Å². The van der Waals surface area contributed by atoms with Crippen molar-refractivity contribution in [1.29, 1.82) is 0 Å². The van der Waals surface area contributed by atoms with Gasteiger partial charge in [0, 0.05) is 12.7 Å². The zero-order valence-electron chi connectivity index (χ0n) is 11.2. The zero-order valence-corrected chi connectivity index (χ0v) is 11.2. The molecule has 0 amide bonds. The van der Waals surface area contributed by atoms with Crippen molar-refractivity contribution in [1.82, 2.24) is 9.78 Å². The SMILES string of the molecule is CCCn1nccc1CNc1ccccc1OC(F)F. The molecule has 0 bridgehead atoms. The van der Waals surface area contributed by atoms with E-state index in [4.69, 9.17) is 0 Å². The van der Waals surface area contributed by atoms with Gasteiger partial charge >= 0.3 is 6.61 Å². The lowest BCUT2D eigenvalue weighted by atomic mass is 10.3. The van der Waals surface area contributed by atoms with Crippen LogP contribution in [-0.4, -0.2) is 16.4 Å². The van der Waals surface area contributed by atoms with E-state index in [1.807, 2.05) is 10.7 Å². The fourth-order valence-corrected chi connectivity index (χ4v) is 1.92. The Bertz CT molecular complexity index is 543. The Kier molecular flexibility index (Phi) is 4.92. The number of hydrogen-bond acceptors (Lipinski definition) is 3. The summed E-state index contributed by atoms with van der Waals surface area (Å²) in [7, 11) is 0. The third-order valence-electron chi connectivity index (χ3n) is 2.80. The molecule has 0 spiro atoms. The second-order valence-corrected chi connectivity index (χ2v) is 4.27. The summed E-state index contributed by atoms with van der Waals surface area (Å²) >= 11 is 0. The van der Waals surface area contributed by atoms with Crippen molar-refractivity contribution in [3.05, 3.63) is 42.2 Å². The van der Waals surface area contributed by atoms with Gasteiger partial charge in [0.05, 0.1) is 17.9 Å². The van der Waals surface area contributed by atoms with Crippen LogP contribution in [0.25, 0.3) is 0 Å². The zero-order chi connectivity index (χ0) is 14.4. The number of aromatic nitrogens is 2. The quantitative estimate of drug-likeness (QED) is 0.844. The molecule has 0 aliphatic rings. The molecule has 1 aromatic heterocycles. The van der Waals surface area contributed by atoms with Crippen LogP contribution in [0.4, 0.5) is 14.5 Å². The smallest absolute Gasteiger partial charge is 0.387 e. The number of halogens is 2. The summed E-state index contributed by atoms with van der Waals surface area (Å²) in [5, 5.41) is 7.32. The van der Waals surface area contributed by atoms with E-state index in [0.29, 0.717) is 12.2 Å². The largest absolute Gasteiger partial charge is 0.433 e. The van der Waals surface area contributed by atoms with E-state index in [0.717, 1.165) is 18.7 Å². The summed E-state index contributed by atoms with van der Waals surface area (Å²) in [4.78, 5) is 0. The van der Waals surface area contributed by atoms with Gasteiger partial charge in [0.25, 0.3) is 0 Å². The van der Waals surface area contributed by atoms with Gasteiger partial charge in [0.2, 0.25) is 0 Å². The van der Waals surface area contributed by atoms with Crippen LogP contribution in [0, 0.1) is 0 Å². The number of aryl methyl sites for hydroxylation is 1. The predicted octanol–water partition coefficient (Wildman–Crippen LogP) is 3.51. The van der Waals surface area contributed by atoms with Crippen LogP contribution in [-0.2, 0) is 13.1 Å². The van der Waals surface area contributed by atoms with Gasteiger partial charge in [-0.25, -0.2) is 0 Å². The molecular formula is C14H17F2N3O. The maximum atomic E-state index is 12.3. The lowest BCUT2D eigenvalue weighted by Gasteiger charge is -2.13. The first-order valence-electron chi connectivity index (χ1n) is 6.49. The Labute approximate surface area is 116 Å².